The summed E-state index contributed by atoms with van der Waals surface area (Å²) < 4.78 is 18.7. The Hall–Kier alpha value is -2.97. The molecule has 2 aromatic heterocycles. The topological polar surface area (TPSA) is 78.2 Å². The third-order valence-electron chi connectivity index (χ3n) is 8.66. The SMILES string of the molecule is [B]C1(Oc2ccc3c(c2)OC([B])([B])C([B])([B])O3)CCN(c2nn3c(=O)cc(CC4CCCC4)nc3c(C)c2C)CC1. The molecule has 8 nitrogen and oxygen atoms in total. The van der Waals surface area contributed by atoms with Crippen molar-refractivity contribution in [3.8, 4) is 17.2 Å². The predicted molar refractivity (Wildman–Crippen MR) is 161 cm³/mol. The van der Waals surface area contributed by atoms with Crippen LogP contribution in [0.5, 0.6) is 17.2 Å². The Morgan fingerprint density at radius 1 is 0.951 bits per heavy atom. The quantitative estimate of drug-likeness (QED) is 0.457. The lowest BCUT2D eigenvalue weighted by Crippen LogP contribution is -2.65. The van der Waals surface area contributed by atoms with Crippen molar-refractivity contribution in [1.29, 1.82) is 0 Å². The number of ether oxygens (including phenoxy) is 3. The van der Waals surface area contributed by atoms with Gasteiger partial charge in [0.1, 0.15) is 45.0 Å². The number of hydrogen-bond acceptors (Lipinski definition) is 7. The molecule has 10 radical (unpaired) electrons. The van der Waals surface area contributed by atoms with Gasteiger partial charge in [-0.2, -0.15) is 4.52 Å². The lowest BCUT2D eigenvalue weighted by Gasteiger charge is -2.48. The van der Waals surface area contributed by atoms with Gasteiger partial charge in [0.15, 0.2) is 23.0 Å². The lowest BCUT2D eigenvalue weighted by atomic mass is 9.41. The zero-order chi connectivity index (χ0) is 29.2. The highest BCUT2D eigenvalue weighted by atomic mass is 16.6. The Balaban J connectivity index is 1.18. The summed E-state index contributed by atoms with van der Waals surface area (Å²) in [6.45, 7) is 5.19. The van der Waals surface area contributed by atoms with Gasteiger partial charge in [-0.05, 0) is 51.2 Å². The van der Waals surface area contributed by atoms with Crippen LogP contribution < -0.4 is 24.7 Å². The number of anilines is 1. The molecule has 3 aromatic rings. The second-order valence-corrected chi connectivity index (χ2v) is 11.8. The largest absolute Gasteiger partial charge is 0.501 e. The second-order valence-electron chi connectivity index (χ2n) is 11.8. The summed E-state index contributed by atoms with van der Waals surface area (Å²) in [5.74, 6) is 2.36. The van der Waals surface area contributed by atoms with Gasteiger partial charge in [0.05, 0.1) is 5.50 Å². The van der Waals surface area contributed by atoms with Gasteiger partial charge in [0.25, 0.3) is 5.56 Å². The van der Waals surface area contributed by atoms with Crippen molar-refractivity contribution in [3.05, 3.63) is 51.4 Å². The minimum absolute atomic E-state index is 0.153. The van der Waals surface area contributed by atoms with Crippen LogP contribution in [0.15, 0.2) is 29.1 Å². The molecule has 1 saturated heterocycles. The first-order valence-corrected chi connectivity index (χ1v) is 14.1. The number of fused-ring (bicyclic) bond motifs is 2. The smallest absolute Gasteiger partial charge is 0.274 e. The first kappa shape index (κ1) is 28.2. The Morgan fingerprint density at radius 2 is 1.61 bits per heavy atom. The lowest BCUT2D eigenvalue weighted by molar-refractivity contribution is 0.0603. The first-order chi connectivity index (χ1) is 19.3. The molecule has 2 fully saturated rings. The number of aromatic nitrogens is 3. The van der Waals surface area contributed by atoms with E-state index in [-0.39, 0.29) is 11.3 Å². The van der Waals surface area contributed by atoms with E-state index in [1.54, 1.807) is 24.3 Å². The molecule has 6 rings (SSSR count). The van der Waals surface area contributed by atoms with Gasteiger partial charge in [-0.1, -0.05) is 25.7 Å². The fourth-order valence-electron chi connectivity index (χ4n) is 5.96. The van der Waals surface area contributed by atoms with Crippen molar-refractivity contribution < 1.29 is 14.2 Å². The van der Waals surface area contributed by atoms with E-state index < -0.39 is 16.3 Å². The summed E-state index contributed by atoms with van der Waals surface area (Å²) in [5, 5.41) is 0.900. The van der Waals surface area contributed by atoms with Crippen LogP contribution in [0.1, 0.15) is 55.3 Å². The van der Waals surface area contributed by atoms with E-state index in [0.29, 0.717) is 49.0 Å². The average molecular weight is 540 g/mol. The number of hydrogen-bond donors (Lipinski definition) is 0. The van der Waals surface area contributed by atoms with E-state index in [1.165, 1.54) is 30.2 Å². The van der Waals surface area contributed by atoms with Gasteiger partial charge in [0.2, 0.25) is 0 Å². The molecule has 3 aliphatic rings. The van der Waals surface area contributed by atoms with Gasteiger partial charge in [-0.15, -0.1) is 5.10 Å². The molecular weight excluding hydrogens is 510 g/mol. The summed E-state index contributed by atoms with van der Waals surface area (Å²) in [5.41, 5.74) is 2.33. The Bertz CT molecular complexity index is 1550. The molecular formula is C28H29B5N4O4. The van der Waals surface area contributed by atoms with Crippen LogP contribution in [0.25, 0.3) is 5.65 Å². The molecule has 0 amide bonds. The third kappa shape index (κ3) is 5.25. The molecule has 13 heteroatoms. The van der Waals surface area contributed by atoms with Gasteiger partial charge in [-0.25, -0.2) is 4.98 Å². The first-order valence-electron chi connectivity index (χ1n) is 14.1. The number of piperidine rings is 1. The van der Waals surface area contributed by atoms with Gasteiger partial charge >= 0.3 is 0 Å². The van der Waals surface area contributed by atoms with Gasteiger partial charge < -0.3 is 19.1 Å². The van der Waals surface area contributed by atoms with Crippen molar-refractivity contribution in [2.45, 2.75) is 75.1 Å². The molecule has 0 unspecified atom stereocenters. The summed E-state index contributed by atoms with van der Waals surface area (Å²) >= 11 is 0. The maximum Gasteiger partial charge on any atom is 0.274 e. The average Bonchev–Trinajstić information content (AvgIpc) is 3.41. The third-order valence-corrected chi connectivity index (χ3v) is 8.66. The van der Waals surface area contributed by atoms with Gasteiger partial charge in [-0.3, -0.25) is 4.79 Å². The van der Waals surface area contributed by atoms with Crippen LogP contribution >= 0.6 is 0 Å². The minimum atomic E-state index is -1.94. The highest BCUT2D eigenvalue weighted by Crippen LogP contribution is 2.42. The second kappa shape index (κ2) is 10.1. The number of nitrogens with zero attached hydrogens (tertiary/aromatic N) is 4. The Morgan fingerprint density at radius 3 is 2.29 bits per heavy atom. The predicted octanol–water partition coefficient (Wildman–Crippen LogP) is 1.74. The molecule has 0 atom stereocenters. The fourth-order valence-corrected chi connectivity index (χ4v) is 5.96. The van der Waals surface area contributed by atoms with Crippen LogP contribution in [-0.2, 0) is 6.42 Å². The number of rotatable bonds is 5. The van der Waals surface area contributed by atoms with Crippen molar-refractivity contribution in [3.63, 3.8) is 0 Å². The van der Waals surface area contributed by atoms with Crippen LogP contribution in [0.3, 0.4) is 0 Å². The van der Waals surface area contributed by atoms with E-state index in [0.717, 1.165) is 29.1 Å². The van der Waals surface area contributed by atoms with Crippen LogP contribution in [0, 0.1) is 19.8 Å². The molecule has 4 heterocycles. The number of benzene rings is 1. The van der Waals surface area contributed by atoms with Crippen molar-refractivity contribution in [2.75, 3.05) is 18.0 Å². The maximum atomic E-state index is 13.1. The zero-order valence-corrected chi connectivity index (χ0v) is 23.6. The molecule has 2 aliphatic heterocycles. The fraction of sp³-hybridized carbons (Fsp3) is 0.536. The molecule has 0 N–H and O–H groups in total. The highest BCUT2D eigenvalue weighted by Gasteiger charge is 2.43. The molecule has 200 valence electrons. The van der Waals surface area contributed by atoms with Crippen LogP contribution in [-0.4, -0.2) is 83.2 Å². The van der Waals surface area contributed by atoms with E-state index in [4.69, 9.17) is 63.5 Å². The molecule has 1 saturated carbocycles. The molecule has 0 spiro atoms. The number of aryl methyl sites for hydroxylation is 1. The van der Waals surface area contributed by atoms with Crippen LogP contribution in [0.2, 0.25) is 0 Å². The van der Waals surface area contributed by atoms with Gasteiger partial charge in [0, 0.05) is 52.8 Å². The zero-order valence-electron chi connectivity index (χ0n) is 23.6. The van der Waals surface area contributed by atoms with Crippen LogP contribution in [0.4, 0.5) is 5.82 Å². The summed E-state index contributed by atoms with van der Waals surface area (Å²) in [7, 11) is 30.1. The normalized spacial score (nSPS) is 21.2. The Labute approximate surface area is 247 Å². The summed E-state index contributed by atoms with van der Waals surface area (Å²) in [6, 6.07) is 6.54. The summed E-state index contributed by atoms with van der Waals surface area (Å²) in [4.78, 5) is 20.1. The Kier molecular flexibility index (Phi) is 6.93. The summed E-state index contributed by atoms with van der Waals surface area (Å²) in [6.07, 6.45) is 6.80. The standard InChI is InChI=1S/C28H29B5N4O4/c1-16-17(2)25(35-37-23(38)14-19(34-24(16)37)13-18-5-3-4-6-18)36-11-9-26(29,10-12-36)39-20-7-8-21-22(15-20)41-28(32,33)27(30,31)40-21/h7-8,14-15,18H,3-6,9-13H2,1-2H3. The van der Waals surface area contributed by atoms with Crippen molar-refractivity contribution >= 4 is 50.7 Å². The van der Waals surface area contributed by atoms with Crippen molar-refractivity contribution in [2.24, 2.45) is 5.92 Å². The van der Waals surface area contributed by atoms with Crippen molar-refractivity contribution in [1.82, 2.24) is 14.6 Å². The molecule has 1 aliphatic carbocycles. The maximum absolute atomic E-state index is 13.1. The van der Waals surface area contributed by atoms with E-state index in [9.17, 15) is 4.79 Å². The highest BCUT2D eigenvalue weighted by molar-refractivity contribution is 6.53. The van der Waals surface area contributed by atoms with E-state index in [1.807, 2.05) is 13.8 Å². The molecule has 1 aromatic carbocycles. The molecule has 41 heavy (non-hydrogen) atoms. The molecule has 0 bridgehead atoms. The monoisotopic (exact) mass is 540 g/mol. The minimum Gasteiger partial charge on any atom is -0.501 e. The van der Waals surface area contributed by atoms with E-state index >= 15 is 0 Å². The van der Waals surface area contributed by atoms with E-state index in [2.05, 4.69) is 4.90 Å².